The van der Waals surface area contributed by atoms with Crippen molar-refractivity contribution < 1.29 is 14.3 Å². The van der Waals surface area contributed by atoms with Crippen molar-refractivity contribution in [3.8, 4) is 0 Å². The third-order valence-electron chi connectivity index (χ3n) is 3.92. The normalized spacial score (nSPS) is 29.3. The molecule has 3 unspecified atom stereocenters. The fourth-order valence-electron chi connectivity index (χ4n) is 2.52. The van der Waals surface area contributed by atoms with E-state index >= 15 is 0 Å². The molecule has 2 saturated heterocycles. The highest BCUT2D eigenvalue weighted by atomic mass is 16.6. The Kier molecular flexibility index (Phi) is 5.64. The lowest BCUT2D eigenvalue weighted by Crippen LogP contribution is -2.00. The first kappa shape index (κ1) is 14.0. The maximum atomic E-state index is 11.6. The van der Waals surface area contributed by atoms with Crippen molar-refractivity contribution in [1.82, 2.24) is 0 Å². The SMILES string of the molecule is CCC1OC1CCCC(=O)CCCCCC1CO1. The number of epoxide rings is 2. The van der Waals surface area contributed by atoms with Crippen LogP contribution in [-0.2, 0) is 14.3 Å². The molecule has 2 rings (SSSR count). The Morgan fingerprint density at radius 1 is 1.06 bits per heavy atom. The lowest BCUT2D eigenvalue weighted by atomic mass is 10.0. The van der Waals surface area contributed by atoms with Gasteiger partial charge in [0.1, 0.15) is 5.78 Å². The van der Waals surface area contributed by atoms with Gasteiger partial charge in [-0.25, -0.2) is 0 Å². The zero-order valence-corrected chi connectivity index (χ0v) is 11.5. The van der Waals surface area contributed by atoms with E-state index in [1.165, 1.54) is 19.3 Å². The van der Waals surface area contributed by atoms with Gasteiger partial charge in [-0.3, -0.25) is 4.79 Å². The zero-order valence-electron chi connectivity index (χ0n) is 11.5. The van der Waals surface area contributed by atoms with Gasteiger partial charge >= 0.3 is 0 Å². The summed E-state index contributed by atoms with van der Waals surface area (Å²) in [5, 5.41) is 0. The average molecular weight is 254 g/mol. The molecule has 0 aromatic carbocycles. The van der Waals surface area contributed by atoms with Crippen molar-refractivity contribution in [2.24, 2.45) is 0 Å². The number of Topliss-reactive ketones (excluding diaryl/α,β-unsaturated/α-hetero) is 1. The van der Waals surface area contributed by atoms with Gasteiger partial charge in [0, 0.05) is 12.8 Å². The first-order valence-corrected chi connectivity index (χ1v) is 7.58. The maximum Gasteiger partial charge on any atom is 0.132 e. The van der Waals surface area contributed by atoms with E-state index in [-0.39, 0.29) is 0 Å². The molecule has 0 aliphatic carbocycles. The molecule has 18 heavy (non-hydrogen) atoms. The molecule has 2 fully saturated rings. The highest BCUT2D eigenvalue weighted by Crippen LogP contribution is 2.29. The van der Waals surface area contributed by atoms with E-state index in [4.69, 9.17) is 9.47 Å². The molecule has 0 aromatic rings. The molecule has 0 bridgehead atoms. The number of hydrogen-bond acceptors (Lipinski definition) is 3. The van der Waals surface area contributed by atoms with Crippen molar-refractivity contribution >= 4 is 5.78 Å². The standard InChI is InChI=1S/C15H26O3/c1-2-14-15(18-14)10-6-8-12(16)7-4-3-5-9-13-11-17-13/h13-15H,2-11H2,1H3. The molecule has 0 aromatic heterocycles. The highest BCUT2D eigenvalue weighted by Gasteiger charge is 2.35. The summed E-state index contributed by atoms with van der Waals surface area (Å²) in [7, 11) is 0. The molecule has 104 valence electrons. The topological polar surface area (TPSA) is 42.1 Å². The zero-order chi connectivity index (χ0) is 12.8. The van der Waals surface area contributed by atoms with Crippen LogP contribution in [0.4, 0.5) is 0 Å². The second-order valence-electron chi connectivity index (χ2n) is 5.61. The summed E-state index contributed by atoms with van der Waals surface area (Å²) in [4.78, 5) is 11.6. The number of hydrogen-bond donors (Lipinski definition) is 0. The predicted octanol–water partition coefficient (Wildman–Crippen LogP) is 3.25. The lowest BCUT2D eigenvalue weighted by Gasteiger charge is -2.00. The van der Waals surface area contributed by atoms with E-state index in [9.17, 15) is 4.79 Å². The van der Waals surface area contributed by atoms with Gasteiger partial charge in [0.2, 0.25) is 0 Å². The molecule has 2 aliphatic rings. The van der Waals surface area contributed by atoms with Crippen LogP contribution in [0.2, 0.25) is 0 Å². The van der Waals surface area contributed by atoms with Gasteiger partial charge in [0.25, 0.3) is 0 Å². The Hall–Kier alpha value is -0.410. The maximum absolute atomic E-state index is 11.6. The van der Waals surface area contributed by atoms with Crippen LogP contribution in [0.15, 0.2) is 0 Å². The molecule has 3 nitrogen and oxygen atoms in total. The number of ketones is 1. The molecular weight excluding hydrogens is 228 g/mol. The summed E-state index contributed by atoms with van der Waals surface area (Å²) in [6.07, 6.45) is 10.9. The Labute approximate surface area is 110 Å². The molecular formula is C15H26O3. The van der Waals surface area contributed by atoms with E-state index < -0.39 is 0 Å². The van der Waals surface area contributed by atoms with Crippen LogP contribution in [0.5, 0.6) is 0 Å². The van der Waals surface area contributed by atoms with Crippen molar-refractivity contribution in [1.29, 1.82) is 0 Å². The minimum Gasteiger partial charge on any atom is -0.373 e. The van der Waals surface area contributed by atoms with Crippen molar-refractivity contribution in [2.45, 2.75) is 83.0 Å². The number of carbonyl (C=O) groups excluding carboxylic acids is 1. The fourth-order valence-corrected chi connectivity index (χ4v) is 2.52. The second-order valence-corrected chi connectivity index (χ2v) is 5.61. The first-order valence-electron chi connectivity index (χ1n) is 7.58. The van der Waals surface area contributed by atoms with E-state index in [0.717, 1.165) is 45.1 Å². The van der Waals surface area contributed by atoms with Gasteiger partial charge in [-0.15, -0.1) is 0 Å². The van der Waals surface area contributed by atoms with E-state index in [0.29, 0.717) is 24.1 Å². The Balaban J connectivity index is 1.35. The van der Waals surface area contributed by atoms with Crippen LogP contribution in [0.25, 0.3) is 0 Å². The molecule has 3 atom stereocenters. The van der Waals surface area contributed by atoms with Crippen LogP contribution in [-0.4, -0.2) is 30.7 Å². The van der Waals surface area contributed by atoms with Crippen LogP contribution in [0, 0.1) is 0 Å². The number of ether oxygens (including phenoxy) is 2. The summed E-state index contributed by atoms with van der Waals surface area (Å²) in [5.74, 6) is 0.436. The quantitative estimate of drug-likeness (QED) is 0.420. The number of rotatable bonds is 11. The molecule has 0 spiro atoms. The van der Waals surface area contributed by atoms with E-state index in [1.54, 1.807) is 0 Å². The monoisotopic (exact) mass is 254 g/mol. The molecule has 0 amide bonds. The van der Waals surface area contributed by atoms with Crippen molar-refractivity contribution in [2.75, 3.05) is 6.61 Å². The summed E-state index contributed by atoms with van der Waals surface area (Å²) in [6, 6.07) is 0. The van der Waals surface area contributed by atoms with E-state index in [1.807, 2.05) is 0 Å². The first-order chi connectivity index (χ1) is 8.79. The third kappa shape index (κ3) is 5.49. The molecule has 2 aliphatic heterocycles. The van der Waals surface area contributed by atoms with E-state index in [2.05, 4.69) is 6.92 Å². The average Bonchev–Trinajstić information content (AvgIpc) is 3.24. The smallest absolute Gasteiger partial charge is 0.132 e. The Morgan fingerprint density at radius 3 is 2.50 bits per heavy atom. The van der Waals surface area contributed by atoms with Gasteiger partial charge in [0.05, 0.1) is 24.9 Å². The minimum atomic E-state index is 0.436. The summed E-state index contributed by atoms with van der Waals surface area (Å²) >= 11 is 0. The Morgan fingerprint density at radius 2 is 1.83 bits per heavy atom. The summed E-state index contributed by atoms with van der Waals surface area (Å²) in [5.41, 5.74) is 0. The second kappa shape index (κ2) is 7.25. The van der Waals surface area contributed by atoms with Gasteiger partial charge < -0.3 is 9.47 Å². The molecule has 0 radical (unpaired) electrons. The fraction of sp³-hybridized carbons (Fsp3) is 0.933. The number of unbranched alkanes of at least 4 members (excludes halogenated alkanes) is 2. The number of carbonyl (C=O) groups is 1. The Bertz CT molecular complexity index is 260. The third-order valence-corrected chi connectivity index (χ3v) is 3.92. The van der Waals surface area contributed by atoms with Crippen molar-refractivity contribution in [3.63, 3.8) is 0 Å². The molecule has 0 saturated carbocycles. The molecule has 3 heteroatoms. The predicted molar refractivity (Wildman–Crippen MR) is 70.6 cm³/mol. The molecule has 2 heterocycles. The minimum absolute atomic E-state index is 0.436. The highest BCUT2D eigenvalue weighted by molar-refractivity contribution is 5.78. The molecule has 0 N–H and O–H groups in total. The van der Waals surface area contributed by atoms with Gasteiger partial charge in [0.15, 0.2) is 0 Å². The largest absolute Gasteiger partial charge is 0.373 e. The van der Waals surface area contributed by atoms with Crippen molar-refractivity contribution in [3.05, 3.63) is 0 Å². The van der Waals surface area contributed by atoms with Crippen LogP contribution < -0.4 is 0 Å². The van der Waals surface area contributed by atoms with Gasteiger partial charge in [-0.05, 0) is 32.1 Å². The van der Waals surface area contributed by atoms with Crippen LogP contribution in [0.3, 0.4) is 0 Å². The lowest BCUT2D eigenvalue weighted by molar-refractivity contribution is -0.119. The van der Waals surface area contributed by atoms with Crippen LogP contribution >= 0.6 is 0 Å². The summed E-state index contributed by atoms with van der Waals surface area (Å²) < 4.78 is 10.6. The summed E-state index contributed by atoms with van der Waals surface area (Å²) in [6.45, 7) is 3.11. The van der Waals surface area contributed by atoms with Gasteiger partial charge in [-0.2, -0.15) is 0 Å². The van der Waals surface area contributed by atoms with Gasteiger partial charge in [-0.1, -0.05) is 19.8 Å². The van der Waals surface area contributed by atoms with Crippen LogP contribution in [0.1, 0.15) is 64.7 Å².